The van der Waals surface area contributed by atoms with Gasteiger partial charge in [0, 0.05) is 14.1 Å². The van der Waals surface area contributed by atoms with E-state index in [4.69, 9.17) is 0 Å². The molecular formula is C8H10N4S. The lowest BCUT2D eigenvalue weighted by atomic mass is 10.4. The average Bonchev–Trinajstić information content (AvgIpc) is 2.51. The lowest BCUT2D eigenvalue weighted by Gasteiger charge is -2.12. The number of nitrogens with zero attached hydrogens (tertiary/aromatic N) is 3. The van der Waals surface area contributed by atoms with E-state index in [1.165, 1.54) is 0 Å². The van der Waals surface area contributed by atoms with Crippen LogP contribution in [-0.2, 0) is 0 Å². The van der Waals surface area contributed by atoms with Crippen molar-refractivity contribution in [2.75, 3.05) is 19.5 Å². The second-order valence-electron chi connectivity index (χ2n) is 2.87. The van der Waals surface area contributed by atoms with Gasteiger partial charge >= 0.3 is 0 Å². The van der Waals surface area contributed by atoms with E-state index >= 15 is 0 Å². The normalized spacial score (nSPS) is 11.0. The van der Waals surface area contributed by atoms with Crippen LogP contribution in [0.4, 0.5) is 5.82 Å². The van der Waals surface area contributed by atoms with E-state index < -0.39 is 0 Å². The first kappa shape index (κ1) is 8.40. The molecule has 0 aliphatic carbocycles. The van der Waals surface area contributed by atoms with Crippen molar-refractivity contribution in [3.8, 4) is 0 Å². The van der Waals surface area contributed by atoms with Gasteiger partial charge in [-0.25, -0.2) is 15.0 Å². The molecule has 68 valence electrons. The summed E-state index contributed by atoms with van der Waals surface area (Å²) >= 11 is 1.62. The summed E-state index contributed by atoms with van der Waals surface area (Å²) in [7, 11) is 3.86. The molecular weight excluding hydrogens is 184 g/mol. The predicted molar refractivity (Wildman–Crippen MR) is 54.7 cm³/mol. The Morgan fingerprint density at radius 2 is 2.23 bits per heavy atom. The van der Waals surface area contributed by atoms with Crippen LogP contribution < -0.4 is 5.43 Å². The van der Waals surface area contributed by atoms with Crippen molar-refractivity contribution in [3.05, 3.63) is 17.8 Å². The van der Waals surface area contributed by atoms with E-state index in [1.807, 2.05) is 30.6 Å². The zero-order valence-corrected chi connectivity index (χ0v) is 8.30. The smallest absolute Gasteiger partial charge is 0.152 e. The first-order valence-electron chi connectivity index (χ1n) is 3.89. The molecule has 0 bridgehead atoms. The third-order valence-corrected chi connectivity index (χ3v) is 2.41. The van der Waals surface area contributed by atoms with Crippen LogP contribution in [0.3, 0.4) is 0 Å². The standard InChI is InChI=1S/C8H10N4S/c1-12(2)11-7-6-3-4-13-8(6)10-5-9-7/h3-5H,1-2H3,(H,9,10,11). The van der Waals surface area contributed by atoms with Gasteiger partial charge in [0.05, 0.1) is 5.39 Å². The maximum Gasteiger partial charge on any atom is 0.152 e. The van der Waals surface area contributed by atoms with E-state index in [1.54, 1.807) is 17.7 Å². The largest absolute Gasteiger partial charge is 0.303 e. The highest BCUT2D eigenvalue weighted by Crippen LogP contribution is 2.23. The Bertz CT molecular complexity index is 409. The molecule has 0 aliphatic heterocycles. The van der Waals surface area contributed by atoms with Crippen LogP contribution in [0.5, 0.6) is 0 Å². The molecule has 2 aromatic heterocycles. The van der Waals surface area contributed by atoms with E-state index in [9.17, 15) is 0 Å². The minimum absolute atomic E-state index is 0.858. The molecule has 2 rings (SSSR count). The molecule has 0 radical (unpaired) electrons. The molecule has 0 aliphatic rings. The summed E-state index contributed by atoms with van der Waals surface area (Å²) in [6.45, 7) is 0. The topological polar surface area (TPSA) is 41.0 Å². The van der Waals surface area contributed by atoms with Crippen molar-refractivity contribution in [1.82, 2.24) is 15.0 Å². The maximum absolute atomic E-state index is 4.16. The van der Waals surface area contributed by atoms with Gasteiger partial charge in [-0.15, -0.1) is 11.3 Å². The number of thiophene rings is 1. The molecule has 0 spiro atoms. The van der Waals surface area contributed by atoms with Crippen LogP contribution >= 0.6 is 11.3 Å². The summed E-state index contributed by atoms with van der Waals surface area (Å²) in [6, 6.07) is 2.02. The van der Waals surface area contributed by atoms with E-state index in [2.05, 4.69) is 15.4 Å². The van der Waals surface area contributed by atoms with E-state index in [0.29, 0.717) is 0 Å². The quantitative estimate of drug-likeness (QED) is 0.737. The van der Waals surface area contributed by atoms with Crippen LogP contribution in [0.25, 0.3) is 10.2 Å². The first-order valence-corrected chi connectivity index (χ1v) is 4.77. The number of nitrogens with one attached hydrogen (secondary N) is 1. The second-order valence-corrected chi connectivity index (χ2v) is 3.76. The fourth-order valence-corrected chi connectivity index (χ4v) is 1.82. The van der Waals surface area contributed by atoms with E-state index in [0.717, 1.165) is 16.0 Å². The van der Waals surface area contributed by atoms with Crippen molar-refractivity contribution in [2.24, 2.45) is 0 Å². The van der Waals surface area contributed by atoms with Crippen molar-refractivity contribution in [3.63, 3.8) is 0 Å². The maximum atomic E-state index is 4.16. The van der Waals surface area contributed by atoms with Crippen molar-refractivity contribution in [2.45, 2.75) is 0 Å². The first-order chi connectivity index (χ1) is 6.27. The Hall–Kier alpha value is -1.20. The third kappa shape index (κ3) is 1.61. The molecule has 2 heterocycles. The van der Waals surface area contributed by atoms with Crippen LogP contribution in [0.1, 0.15) is 0 Å². The van der Waals surface area contributed by atoms with Gasteiger partial charge < -0.3 is 5.43 Å². The molecule has 0 fully saturated rings. The summed E-state index contributed by atoms with van der Waals surface area (Å²) in [4.78, 5) is 9.33. The predicted octanol–water partition coefficient (Wildman–Crippen LogP) is 1.58. The Balaban J connectivity index is 2.48. The highest BCUT2D eigenvalue weighted by Gasteiger charge is 2.03. The molecule has 0 atom stereocenters. The van der Waals surface area contributed by atoms with Crippen LogP contribution in [0.2, 0.25) is 0 Å². The number of hydrogen-bond donors (Lipinski definition) is 1. The minimum Gasteiger partial charge on any atom is -0.303 e. The zero-order valence-electron chi connectivity index (χ0n) is 7.48. The summed E-state index contributed by atoms with van der Waals surface area (Å²) in [5, 5.41) is 4.95. The molecule has 13 heavy (non-hydrogen) atoms. The van der Waals surface area contributed by atoms with Gasteiger partial charge in [-0.05, 0) is 11.4 Å². The SMILES string of the molecule is CN(C)Nc1ncnc2sccc12. The highest BCUT2D eigenvalue weighted by atomic mass is 32.1. The summed E-state index contributed by atoms with van der Waals surface area (Å²) in [5.74, 6) is 0.858. The van der Waals surface area contributed by atoms with Crippen LogP contribution in [-0.4, -0.2) is 29.1 Å². The summed E-state index contributed by atoms with van der Waals surface area (Å²) in [6.07, 6.45) is 1.57. The second kappa shape index (κ2) is 3.27. The van der Waals surface area contributed by atoms with Crippen molar-refractivity contribution < 1.29 is 0 Å². The lowest BCUT2D eigenvalue weighted by Crippen LogP contribution is -2.20. The average molecular weight is 194 g/mol. The number of aromatic nitrogens is 2. The molecule has 0 amide bonds. The summed E-state index contributed by atoms with van der Waals surface area (Å²) < 4.78 is 0. The third-order valence-electron chi connectivity index (χ3n) is 1.59. The van der Waals surface area contributed by atoms with Gasteiger partial charge in [0.1, 0.15) is 11.2 Å². The van der Waals surface area contributed by atoms with Crippen molar-refractivity contribution in [1.29, 1.82) is 0 Å². The van der Waals surface area contributed by atoms with Crippen molar-refractivity contribution >= 4 is 27.4 Å². The fraction of sp³-hybridized carbons (Fsp3) is 0.250. The van der Waals surface area contributed by atoms with Gasteiger partial charge in [-0.3, -0.25) is 0 Å². The molecule has 0 unspecified atom stereocenters. The molecule has 2 aromatic rings. The Morgan fingerprint density at radius 1 is 1.38 bits per heavy atom. The number of hydrogen-bond acceptors (Lipinski definition) is 5. The van der Waals surface area contributed by atoms with Gasteiger partial charge in [-0.2, -0.15) is 0 Å². The molecule has 1 N–H and O–H groups in total. The number of rotatable bonds is 2. The van der Waals surface area contributed by atoms with Gasteiger partial charge in [0.15, 0.2) is 5.82 Å². The monoisotopic (exact) mass is 194 g/mol. The van der Waals surface area contributed by atoms with Gasteiger partial charge in [0.25, 0.3) is 0 Å². The molecule has 4 nitrogen and oxygen atoms in total. The lowest BCUT2D eigenvalue weighted by molar-refractivity contribution is 0.493. The van der Waals surface area contributed by atoms with Gasteiger partial charge in [-0.1, -0.05) is 0 Å². The molecule has 0 saturated heterocycles. The fourth-order valence-electron chi connectivity index (χ4n) is 1.09. The van der Waals surface area contributed by atoms with E-state index in [-0.39, 0.29) is 0 Å². The molecule has 5 heteroatoms. The molecule has 0 saturated carbocycles. The Kier molecular flexibility index (Phi) is 2.12. The highest BCUT2D eigenvalue weighted by molar-refractivity contribution is 7.16. The van der Waals surface area contributed by atoms with Crippen LogP contribution in [0.15, 0.2) is 17.8 Å². The van der Waals surface area contributed by atoms with Crippen LogP contribution in [0, 0.1) is 0 Å². The Morgan fingerprint density at radius 3 is 3.00 bits per heavy atom. The molecule has 0 aromatic carbocycles. The van der Waals surface area contributed by atoms with Gasteiger partial charge in [0.2, 0.25) is 0 Å². The number of hydrazine groups is 1. The number of anilines is 1. The minimum atomic E-state index is 0.858. The number of fused-ring (bicyclic) bond motifs is 1. The summed E-state index contributed by atoms with van der Waals surface area (Å²) in [5.41, 5.74) is 3.12. The Labute approximate surface area is 80.2 Å². The zero-order chi connectivity index (χ0) is 9.26.